The molecular weight excluding hydrogens is 398 g/mol. The van der Waals surface area contributed by atoms with Crippen molar-refractivity contribution in [3.05, 3.63) is 58.1 Å². The molecule has 1 heterocycles. The van der Waals surface area contributed by atoms with Crippen molar-refractivity contribution in [1.82, 2.24) is 5.32 Å². The van der Waals surface area contributed by atoms with Crippen LogP contribution in [0.3, 0.4) is 0 Å². The molecule has 4 nitrogen and oxygen atoms in total. The Balaban J connectivity index is 1.69. The van der Waals surface area contributed by atoms with Gasteiger partial charge in [0.05, 0.1) is 5.54 Å². The van der Waals surface area contributed by atoms with Gasteiger partial charge in [-0.25, -0.2) is 0 Å². The number of nitrogens with one attached hydrogen (secondary N) is 1. The van der Waals surface area contributed by atoms with Crippen LogP contribution in [0.4, 0.5) is 0 Å². The van der Waals surface area contributed by atoms with Gasteiger partial charge in [-0.3, -0.25) is 9.59 Å². The molecule has 158 valence electrons. The Bertz CT molecular complexity index is 975. The topological polar surface area (TPSA) is 55.4 Å². The maximum atomic E-state index is 13.6. The SMILES string of the molecule is COCC1CCC2(CC1)NC(=O)C(c1c(C)ccc(-c3ccc(Cl)cc3)c1C)C2=O. The van der Waals surface area contributed by atoms with Crippen LogP contribution in [-0.2, 0) is 14.3 Å². The summed E-state index contributed by atoms with van der Waals surface area (Å²) in [6.07, 6.45) is 3.18. The number of methoxy groups -OCH3 is 1. The van der Waals surface area contributed by atoms with Crippen LogP contribution < -0.4 is 5.32 Å². The first kappa shape index (κ1) is 21.1. The Labute approximate surface area is 183 Å². The third-order valence-electron chi connectivity index (χ3n) is 6.90. The minimum Gasteiger partial charge on any atom is -0.384 e. The van der Waals surface area contributed by atoms with Crippen LogP contribution in [-0.4, -0.2) is 30.9 Å². The molecule has 0 radical (unpaired) electrons. The number of hydrogen-bond acceptors (Lipinski definition) is 3. The van der Waals surface area contributed by atoms with Gasteiger partial charge in [-0.1, -0.05) is 35.9 Å². The highest BCUT2D eigenvalue weighted by Gasteiger charge is 2.54. The summed E-state index contributed by atoms with van der Waals surface area (Å²) < 4.78 is 5.28. The average Bonchev–Trinajstić information content (AvgIpc) is 2.95. The van der Waals surface area contributed by atoms with Gasteiger partial charge in [-0.2, -0.15) is 0 Å². The van der Waals surface area contributed by atoms with Crippen molar-refractivity contribution in [1.29, 1.82) is 0 Å². The van der Waals surface area contributed by atoms with Gasteiger partial charge in [0.1, 0.15) is 5.92 Å². The summed E-state index contributed by atoms with van der Waals surface area (Å²) in [5, 5.41) is 3.79. The zero-order valence-corrected chi connectivity index (χ0v) is 18.5. The fourth-order valence-electron chi connectivity index (χ4n) is 5.22. The number of benzene rings is 2. The molecular formula is C25H28ClNO3. The van der Waals surface area contributed by atoms with E-state index in [1.807, 2.05) is 44.2 Å². The summed E-state index contributed by atoms with van der Waals surface area (Å²) in [4.78, 5) is 26.7. The summed E-state index contributed by atoms with van der Waals surface area (Å²) in [5.74, 6) is -0.412. The predicted octanol–water partition coefficient (Wildman–Crippen LogP) is 4.98. The number of ether oxygens (including phenoxy) is 1. The first-order valence-electron chi connectivity index (χ1n) is 10.6. The molecule has 2 aliphatic rings. The second-order valence-electron chi connectivity index (χ2n) is 8.74. The highest BCUT2D eigenvalue weighted by atomic mass is 35.5. The fraction of sp³-hybridized carbons (Fsp3) is 0.440. The smallest absolute Gasteiger partial charge is 0.235 e. The van der Waals surface area contributed by atoms with Crippen molar-refractivity contribution in [2.24, 2.45) is 5.92 Å². The Hall–Kier alpha value is -2.17. The van der Waals surface area contributed by atoms with Gasteiger partial charge in [0.15, 0.2) is 5.78 Å². The Morgan fingerprint density at radius 1 is 1.07 bits per heavy atom. The van der Waals surface area contributed by atoms with Gasteiger partial charge in [-0.15, -0.1) is 0 Å². The second-order valence-corrected chi connectivity index (χ2v) is 9.18. The molecule has 1 aliphatic heterocycles. The largest absolute Gasteiger partial charge is 0.384 e. The number of rotatable bonds is 4. The zero-order valence-electron chi connectivity index (χ0n) is 17.8. The molecule has 1 aliphatic carbocycles. The van der Waals surface area contributed by atoms with Gasteiger partial charge in [0.2, 0.25) is 5.91 Å². The minimum atomic E-state index is -0.740. The number of carbonyl (C=O) groups is 2. The van der Waals surface area contributed by atoms with E-state index in [4.69, 9.17) is 16.3 Å². The van der Waals surface area contributed by atoms with E-state index in [2.05, 4.69) is 11.4 Å². The molecule has 1 amide bonds. The molecule has 5 heteroatoms. The minimum absolute atomic E-state index is 0.0304. The second kappa shape index (κ2) is 8.16. The first-order valence-corrected chi connectivity index (χ1v) is 11.0. The molecule has 1 spiro atoms. The number of amides is 1. The van der Waals surface area contributed by atoms with Crippen molar-refractivity contribution in [3.63, 3.8) is 0 Å². The number of hydrogen-bond donors (Lipinski definition) is 1. The Morgan fingerprint density at radius 3 is 2.37 bits per heavy atom. The van der Waals surface area contributed by atoms with Gasteiger partial charge in [-0.05, 0) is 85.4 Å². The van der Waals surface area contributed by atoms with E-state index in [9.17, 15) is 9.59 Å². The molecule has 2 aromatic rings. The van der Waals surface area contributed by atoms with Crippen molar-refractivity contribution in [3.8, 4) is 11.1 Å². The van der Waals surface area contributed by atoms with Gasteiger partial charge >= 0.3 is 0 Å². The van der Waals surface area contributed by atoms with Crippen molar-refractivity contribution in [2.45, 2.75) is 51.0 Å². The van der Waals surface area contributed by atoms with E-state index in [1.165, 1.54) is 0 Å². The lowest BCUT2D eigenvalue weighted by Crippen LogP contribution is -2.49. The maximum Gasteiger partial charge on any atom is 0.235 e. The lowest BCUT2D eigenvalue weighted by molar-refractivity contribution is -0.126. The third kappa shape index (κ3) is 3.57. The van der Waals surface area contributed by atoms with Crippen LogP contribution in [0.5, 0.6) is 0 Å². The van der Waals surface area contributed by atoms with Crippen LogP contribution in [0.15, 0.2) is 36.4 Å². The Morgan fingerprint density at radius 2 is 1.73 bits per heavy atom. The van der Waals surface area contributed by atoms with E-state index in [0.717, 1.165) is 40.7 Å². The van der Waals surface area contributed by atoms with Crippen LogP contribution >= 0.6 is 11.6 Å². The summed E-state index contributed by atoms with van der Waals surface area (Å²) >= 11 is 6.04. The standard InChI is InChI=1S/C25H28ClNO3/c1-15-4-9-20(18-5-7-19(26)8-6-18)16(2)21(15)22-23(28)25(27-24(22)29)12-10-17(11-13-25)14-30-3/h4-9,17,22H,10-14H2,1-3H3,(H,27,29). The molecule has 0 bridgehead atoms. The maximum absolute atomic E-state index is 13.6. The van der Waals surface area contributed by atoms with Gasteiger partial charge in [0, 0.05) is 18.7 Å². The fourth-order valence-corrected chi connectivity index (χ4v) is 5.35. The first-order chi connectivity index (χ1) is 14.4. The molecule has 1 saturated heterocycles. The highest BCUT2D eigenvalue weighted by Crippen LogP contribution is 2.43. The molecule has 2 aromatic carbocycles. The zero-order chi connectivity index (χ0) is 21.5. The molecule has 2 fully saturated rings. The van der Waals surface area contributed by atoms with Gasteiger partial charge in [0.25, 0.3) is 0 Å². The van der Waals surface area contributed by atoms with Crippen molar-refractivity contribution < 1.29 is 14.3 Å². The number of halogens is 1. The van der Waals surface area contributed by atoms with E-state index >= 15 is 0 Å². The third-order valence-corrected chi connectivity index (χ3v) is 7.15. The van der Waals surface area contributed by atoms with Gasteiger partial charge < -0.3 is 10.1 Å². The van der Waals surface area contributed by atoms with Crippen LogP contribution in [0.25, 0.3) is 11.1 Å². The lowest BCUT2D eigenvalue weighted by atomic mass is 9.72. The van der Waals surface area contributed by atoms with E-state index in [-0.39, 0.29) is 11.7 Å². The highest BCUT2D eigenvalue weighted by molar-refractivity contribution is 6.30. The van der Waals surface area contributed by atoms with Crippen LogP contribution in [0.1, 0.15) is 48.3 Å². The van der Waals surface area contributed by atoms with Crippen molar-refractivity contribution >= 4 is 23.3 Å². The number of ketones is 1. The summed E-state index contributed by atoms with van der Waals surface area (Å²) in [6.45, 7) is 4.70. The lowest BCUT2D eigenvalue weighted by Gasteiger charge is -2.35. The summed E-state index contributed by atoms with van der Waals surface area (Å²) in [6, 6.07) is 11.7. The average molecular weight is 426 g/mol. The molecule has 1 N–H and O–H groups in total. The molecule has 1 atom stereocenters. The molecule has 1 unspecified atom stereocenters. The molecule has 4 rings (SSSR count). The normalized spacial score (nSPS) is 26.3. The summed E-state index contributed by atoms with van der Waals surface area (Å²) in [7, 11) is 1.71. The van der Waals surface area contributed by atoms with E-state index in [0.29, 0.717) is 30.4 Å². The molecule has 1 saturated carbocycles. The number of carbonyl (C=O) groups excluding carboxylic acids is 2. The van der Waals surface area contributed by atoms with Crippen LogP contribution in [0.2, 0.25) is 5.02 Å². The number of Topliss-reactive ketones (excluding diaryl/α,β-unsaturated/α-hetero) is 1. The molecule has 30 heavy (non-hydrogen) atoms. The van der Waals surface area contributed by atoms with Crippen LogP contribution in [0, 0.1) is 19.8 Å². The van der Waals surface area contributed by atoms with E-state index < -0.39 is 11.5 Å². The monoisotopic (exact) mass is 425 g/mol. The van der Waals surface area contributed by atoms with E-state index in [1.54, 1.807) is 7.11 Å². The quantitative estimate of drug-likeness (QED) is 0.702. The predicted molar refractivity (Wildman–Crippen MR) is 119 cm³/mol. The Kier molecular flexibility index (Phi) is 5.73. The van der Waals surface area contributed by atoms with Crippen molar-refractivity contribution in [2.75, 3.05) is 13.7 Å². The number of aryl methyl sites for hydroxylation is 1. The summed E-state index contributed by atoms with van der Waals surface area (Å²) in [5.41, 5.74) is 4.14. The molecule has 0 aromatic heterocycles.